The van der Waals surface area contributed by atoms with Crippen LogP contribution in [-0.2, 0) is 21.3 Å². The number of nitrogens with one attached hydrogen (secondary N) is 2. The fourth-order valence-electron chi connectivity index (χ4n) is 3.95. The van der Waals surface area contributed by atoms with Gasteiger partial charge < -0.3 is 10.1 Å². The second-order valence-electron chi connectivity index (χ2n) is 8.72. The van der Waals surface area contributed by atoms with Gasteiger partial charge in [0.15, 0.2) is 0 Å². The van der Waals surface area contributed by atoms with E-state index in [2.05, 4.69) is 10.3 Å². The number of amides is 2. The third kappa shape index (κ3) is 7.01. The van der Waals surface area contributed by atoms with E-state index >= 15 is 0 Å². The molecular weight excluding hydrogens is 494 g/mol. The van der Waals surface area contributed by atoms with Crippen molar-refractivity contribution < 1.29 is 27.5 Å². The lowest BCUT2D eigenvalue weighted by molar-refractivity contribution is 0.0204. The molecule has 4 rings (SSSR count). The Hall–Kier alpha value is -4.05. The number of esters is 1. The molecule has 0 radical (unpaired) electrons. The maximum Gasteiger partial charge on any atom is 0.357 e. The highest BCUT2D eigenvalue weighted by Gasteiger charge is 2.22. The van der Waals surface area contributed by atoms with Crippen molar-refractivity contribution in [3.05, 3.63) is 95.3 Å². The van der Waals surface area contributed by atoms with Crippen LogP contribution in [0.1, 0.15) is 68.9 Å². The number of hydrogen-bond acceptors (Lipinski definition) is 7. The minimum atomic E-state index is -4.20. The van der Waals surface area contributed by atoms with Gasteiger partial charge in [0.25, 0.3) is 21.8 Å². The van der Waals surface area contributed by atoms with Crippen molar-refractivity contribution in [2.75, 3.05) is 0 Å². The number of carbonyl (C=O) groups is 3. The predicted octanol–water partition coefficient (Wildman–Crippen LogP) is 3.62. The first-order chi connectivity index (χ1) is 17.8. The van der Waals surface area contributed by atoms with E-state index in [1.807, 2.05) is 35.1 Å². The maximum atomic E-state index is 12.7. The highest BCUT2D eigenvalue weighted by Crippen LogP contribution is 2.21. The summed E-state index contributed by atoms with van der Waals surface area (Å²) in [6.07, 6.45) is 5.81. The summed E-state index contributed by atoms with van der Waals surface area (Å²) in [4.78, 5) is 40.9. The molecule has 0 aliphatic heterocycles. The standard InChI is InChI=1S/C27H27N3O6S/c31-25(29-17-19-7-3-1-4-8-19)20-11-14-23(15-12-20)37(34,35)30-26(32)21-13-16-24(28-18-21)27(33)36-22-9-5-2-6-10-22/h1,3-4,7-8,11-16,18,22H,2,5-6,9-10,17H2,(H,29,31)(H,30,32). The molecule has 9 nitrogen and oxygen atoms in total. The van der Waals surface area contributed by atoms with Crippen molar-refractivity contribution >= 4 is 27.8 Å². The quantitative estimate of drug-likeness (QED) is 0.433. The average Bonchev–Trinajstić information content (AvgIpc) is 2.93. The number of carbonyl (C=O) groups excluding carboxylic acids is 3. The van der Waals surface area contributed by atoms with Gasteiger partial charge in [-0.15, -0.1) is 0 Å². The van der Waals surface area contributed by atoms with E-state index in [1.54, 1.807) is 0 Å². The molecule has 3 aromatic rings. The Morgan fingerprint density at radius 2 is 1.51 bits per heavy atom. The molecule has 2 N–H and O–H groups in total. The molecule has 1 saturated carbocycles. The molecule has 0 spiro atoms. The van der Waals surface area contributed by atoms with Gasteiger partial charge in [-0.3, -0.25) is 9.59 Å². The first-order valence-corrected chi connectivity index (χ1v) is 13.5. The Morgan fingerprint density at radius 1 is 0.838 bits per heavy atom. The summed E-state index contributed by atoms with van der Waals surface area (Å²) in [6.45, 7) is 0.334. The van der Waals surface area contributed by atoms with Crippen LogP contribution >= 0.6 is 0 Å². The van der Waals surface area contributed by atoms with E-state index < -0.39 is 21.9 Å². The zero-order chi connectivity index (χ0) is 26.3. The lowest BCUT2D eigenvalue weighted by atomic mass is 9.98. The maximum absolute atomic E-state index is 12.7. The molecule has 10 heteroatoms. The van der Waals surface area contributed by atoms with E-state index in [0.29, 0.717) is 6.54 Å². The molecule has 37 heavy (non-hydrogen) atoms. The SMILES string of the molecule is O=C(NCc1ccccc1)c1ccc(S(=O)(=O)NC(=O)c2ccc(C(=O)OC3CCCCC3)nc2)cc1. The van der Waals surface area contributed by atoms with Gasteiger partial charge in [-0.25, -0.2) is 22.9 Å². The summed E-state index contributed by atoms with van der Waals surface area (Å²) in [5.41, 5.74) is 1.23. The molecule has 1 aromatic heterocycles. The molecule has 2 aromatic carbocycles. The number of benzene rings is 2. The fraction of sp³-hybridized carbons (Fsp3) is 0.259. The van der Waals surface area contributed by atoms with Crippen molar-refractivity contribution in [3.8, 4) is 0 Å². The number of aromatic nitrogens is 1. The van der Waals surface area contributed by atoms with E-state index in [0.717, 1.165) is 43.9 Å². The number of sulfonamides is 1. The number of nitrogens with zero attached hydrogens (tertiary/aromatic N) is 1. The number of rotatable bonds is 8. The first-order valence-electron chi connectivity index (χ1n) is 12.0. The second kappa shape index (κ2) is 11.8. The molecule has 0 bridgehead atoms. The molecule has 0 unspecified atom stereocenters. The Morgan fingerprint density at radius 3 is 2.16 bits per heavy atom. The molecule has 1 fully saturated rings. The van der Waals surface area contributed by atoms with Crippen LogP contribution in [0.5, 0.6) is 0 Å². The van der Waals surface area contributed by atoms with Gasteiger partial charge >= 0.3 is 5.97 Å². The van der Waals surface area contributed by atoms with Crippen LogP contribution in [0.25, 0.3) is 0 Å². The molecule has 1 heterocycles. The molecule has 1 aliphatic carbocycles. The summed E-state index contributed by atoms with van der Waals surface area (Å²) < 4.78 is 32.8. The van der Waals surface area contributed by atoms with Crippen molar-refractivity contribution in [1.29, 1.82) is 0 Å². The van der Waals surface area contributed by atoms with Gasteiger partial charge in [0.1, 0.15) is 11.8 Å². The van der Waals surface area contributed by atoms with Crippen LogP contribution in [-0.4, -0.2) is 37.3 Å². The van der Waals surface area contributed by atoms with Crippen LogP contribution < -0.4 is 10.0 Å². The van der Waals surface area contributed by atoms with E-state index in [4.69, 9.17) is 4.74 Å². The number of pyridine rings is 1. The summed E-state index contributed by atoms with van der Waals surface area (Å²) in [5, 5.41) is 2.76. The largest absolute Gasteiger partial charge is 0.458 e. The third-order valence-corrected chi connectivity index (χ3v) is 7.36. The Labute approximate surface area is 215 Å². The van der Waals surface area contributed by atoms with E-state index in [9.17, 15) is 22.8 Å². The van der Waals surface area contributed by atoms with Crippen LogP contribution in [0.3, 0.4) is 0 Å². The van der Waals surface area contributed by atoms with Gasteiger partial charge in [-0.2, -0.15) is 0 Å². The highest BCUT2D eigenvalue weighted by molar-refractivity contribution is 7.90. The Bertz CT molecular complexity index is 1350. The number of ether oxygens (including phenoxy) is 1. The molecule has 192 valence electrons. The molecular formula is C27H27N3O6S. The minimum Gasteiger partial charge on any atom is -0.458 e. The van der Waals surface area contributed by atoms with Crippen LogP contribution in [0.4, 0.5) is 0 Å². The van der Waals surface area contributed by atoms with Gasteiger partial charge in [0, 0.05) is 18.3 Å². The molecule has 1 aliphatic rings. The Kier molecular flexibility index (Phi) is 8.29. The average molecular weight is 522 g/mol. The number of hydrogen-bond donors (Lipinski definition) is 2. The lowest BCUT2D eigenvalue weighted by Gasteiger charge is -2.21. The lowest BCUT2D eigenvalue weighted by Crippen LogP contribution is -2.31. The van der Waals surface area contributed by atoms with Gasteiger partial charge in [-0.1, -0.05) is 36.8 Å². The molecule has 0 atom stereocenters. The van der Waals surface area contributed by atoms with Gasteiger partial charge in [0.05, 0.1) is 10.5 Å². The fourth-order valence-corrected chi connectivity index (χ4v) is 4.92. The smallest absolute Gasteiger partial charge is 0.357 e. The van der Waals surface area contributed by atoms with Crippen LogP contribution in [0.15, 0.2) is 77.8 Å². The highest BCUT2D eigenvalue weighted by atomic mass is 32.2. The Balaban J connectivity index is 1.33. The van der Waals surface area contributed by atoms with Gasteiger partial charge in [-0.05, 0) is 67.6 Å². The predicted molar refractivity (Wildman–Crippen MR) is 135 cm³/mol. The van der Waals surface area contributed by atoms with Crippen molar-refractivity contribution in [1.82, 2.24) is 15.0 Å². The second-order valence-corrected chi connectivity index (χ2v) is 10.4. The zero-order valence-electron chi connectivity index (χ0n) is 20.1. The normalized spacial score (nSPS) is 13.9. The zero-order valence-corrected chi connectivity index (χ0v) is 20.9. The van der Waals surface area contributed by atoms with Crippen molar-refractivity contribution in [2.24, 2.45) is 0 Å². The van der Waals surface area contributed by atoms with Gasteiger partial charge in [0.2, 0.25) is 0 Å². The summed E-state index contributed by atoms with van der Waals surface area (Å²) >= 11 is 0. The molecule has 2 amide bonds. The van der Waals surface area contributed by atoms with E-state index in [-0.39, 0.29) is 33.7 Å². The van der Waals surface area contributed by atoms with Crippen LogP contribution in [0.2, 0.25) is 0 Å². The summed E-state index contributed by atoms with van der Waals surface area (Å²) in [6, 6.07) is 17.2. The topological polar surface area (TPSA) is 132 Å². The minimum absolute atomic E-state index is 0.0327. The third-order valence-electron chi connectivity index (χ3n) is 6.01. The van der Waals surface area contributed by atoms with E-state index in [1.165, 1.54) is 36.4 Å². The monoisotopic (exact) mass is 521 g/mol. The van der Waals surface area contributed by atoms with Crippen molar-refractivity contribution in [2.45, 2.75) is 49.6 Å². The molecule has 0 saturated heterocycles. The summed E-state index contributed by atoms with van der Waals surface area (Å²) in [5.74, 6) is -1.83. The first kappa shape index (κ1) is 26.0. The summed E-state index contributed by atoms with van der Waals surface area (Å²) in [7, 11) is -4.20. The van der Waals surface area contributed by atoms with Crippen LogP contribution in [0, 0.1) is 0 Å². The van der Waals surface area contributed by atoms with Crippen molar-refractivity contribution in [3.63, 3.8) is 0 Å².